The number of primary amides is 1. The molecule has 1 aromatic carbocycles. The fraction of sp³-hybridized carbons (Fsp3) is 0.429. The average molecular weight is 249 g/mol. The summed E-state index contributed by atoms with van der Waals surface area (Å²) in [6.07, 6.45) is 0.587. The van der Waals surface area contributed by atoms with E-state index in [0.717, 1.165) is 5.56 Å². The van der Waals surface area contributed by atoms with Crippen LogP contribution in [0.3, 0.4) is 0 Å². The molecule has 0 aliphatic heterocycles. The van der Waals surface area contributed by atoms with Gasteiger partial charge in [0.05, 0.1) is 5.41 Å². The molecule has 0 unspecified atom stereocenters. The zero-order valence-electron chi connectivity index (χ0n) is 10.8. The van der Waals surface area contributed by atoms with Gasteiger partial charge in [-0.25, -0.2) is 0 Å². The smallest absolute Gasteiger partial charge is 0.311 e. The Kier molecular flexibility index (Phi) is 4.89. The lowest BCUT2D eigenvalue weighted by Crippen LogP contribution is -2.28. The van der Waals surface area contributed by atoms with Crippen LogP contribution in [0.1, 0.15) is 32.3 Å². The van der Waals surface area contributed by atoms with Gasteiger partial charge in [0.25, 0.3) is 0 Å². The van der Waals surface area contributed by atoms with Crippen molar-refractivity contribution < 1.29 is 14.3 Å². The highest BCUT2D eigenvalue weighted by molar-refractivity contribution is 5.78. The number of carbonyl (C=O) groups is 2. The van der Waals surface area contributed by atoms with Crippen LogP contribution in [0.25, 0.3) is 0 Å². The van der Waals surface area contributed by atoms with Gasteiger partial charge >= 0.3 is 5.97 Å². The fourth-order valence-corrected chi connectivity index (χ4v) is 1.46. The molecular formula is C14H19NO3. The van der Waals surface area contributed by atoms with Crippen molar-refractivity contribution in [3.63, 3.8) is 0 Å². The third-order valence-electron chi connectivity index (χ3n) is 2.76. The molecule has 4 nitrogen and oxygen atoms in total. The first-order valence-electron chi connectivity index (χ1n) is 5.91. The Hall–Kier alpha value is -1.84. The Morgan fingerprint density at radius 2 is 1.83 bits per heavy atom. The highest BCUT2D eigenvalue weighted by Crippen LogP contribution is 2.24. The normalized spacial score (nSPS) is 11.0. The maximum absolute atomic E-state index is 11.9. The zero-order chi connectivity index (χ0) is 13.6. The van der Waals surface area contributed by atoms with E-state index in [0.29, 0.717) is 6.42 Å². The van der Waals surface area contributed by atoms with E-state index in [1.807, 2.05) is 30.3 Å². The molecule has 0 saturated carbocycles. The summed E-state index contributed by atoms with van der Waals surface area (Å²) in [6.45, 7) is 3.76. The average Bonchev–Trinajstić information content (AvgIpc) is 2.35. The van der Waals surface area contributed by atoms with Gasteiger partial charge < -0.3 is 10.5 Å². The van der Waals surface area contributed by atoms with E-state index < -0.39 is 11.3 Å². The Morgan fingerprint density at radius 3 is 2.39 bits per heavy atom. The number of hydrogen-bond donors (Lipinski definition) is 1. The van der Waals surface area contributed by atoms with Gasteiger partial charge in [-0.1, -0.05) is 30.3 Å². The molecule has 0 aliphatic carbocycles. The van der Waals surface area contributed by atoms with Crippen molar-refractivity contribution in [1.82, 2.24) is 0 Å². The maximum Gasteiger partial charge on any atom is 0.311 e. The molecule has 0 atom stereocenters. The van der Waals surface area contributed by atoms with E-state index in [2.05, 4.69) is 0 Å². The van der Waals surface area contributed by atoms with Crippen molar-refractivity contribution in [1.29, 1.82) is 0 Å². The molecular weight excluding hydrogens is 230 g/mol. The van der Waals surface area contributed by atoms with Crippen LogP contribution in [0.4, 0.5) is 0 Å². The van der Waals surface area contributed by atoms with E-state index in [1.165, 1.54) is 0 Å². The van der Waals surface area contributed by atoms with Gasteiger partial charge in [-0.05, 0) is 25.8 Å². The van der Waals surface area contributed by atoms with Crippen molar-refractivity contribution in [2.24, 2.45) is 11.1 Å². The molecule has 18 heavy (non-hydrogen) atoms. The summed E-state index contributed by atoms with van der Waals surface area (Å²) >= 11 is 0. The van der Waals surface area contributed by atoms with Gasteiger partial charge in [0, 0.05) is 6.42 Å². The molecule has 1 rings (SSSR count). The molecule has 0 spiro atoms. The highest BCUT2D eigenvalue weighted by atomic mass is 16.5. The molecule has 0 fully saturated rings. The molecule has 0 aliphatic rings. The third-order valence-corrected chi connectivity index (χ3v) is 2.76. The van der Waals surface area contributed by atoms with Gasteiger partial charge in [0.1, 0.15) is 6.61 Å². The number of carbonyl (C=O) groups excluding carboxylic acids is 2. The van der Waals surface area contributed by atoms with Crippen molar-refractivity contribution >= 4 is 11.9 Å². The van der Waals surface area contributed by atoms with Crippen LogP contribution < -0.4 is 5.73 Å². The van der Waals surface area contributed by atoms with Crippen LogP contribution in [-0.4, -0.2) is 11.9 Å². The molecule has 0 bridgehead atoms. The predicted molar refractivity (Wildman–Crippen MR) is 68.4 cm³/mol. The standard InChI is InChI=1S/C14H19NO3/c1-14(2,9-8-12(15)16)13(17)18-10-11-6-4-3-5-7-11/h3-7H,8-10H2,1-2H3,(H2,15,16). The summed E-state index contributed by atoms with van der Waals surface area (Å²) in [5.41, 5.74) is 5.32. The molecule has 4 heteroatoms. The van der Waals surface area contributed by atoms with Crippen molar-refractivity contribution in [2.45, 2.75) is 33.3 Å². The second-order valence-electron chi connectivity index (χ2n) is 4.91. The van der Waals surface area contributed by atoms with E-state index in [9.17, 15) is 9.59 Å². The van der Waals surface area contributed by atoms with E-state index >= 15 is 0 Å². The van der Waals surface area contributed by atoms with Crippen molar-refractivity contribution in [3.8, 4) is 0 Å². The fourth-order valence-electron chi connectivity index (χ4n) is 1.46. The van der Waals surface area contributed by atoms with E-state index in [-0.39, 0.29) is 19.0 Å². The molecule has 2 N–H and O–H groups in total. The van der Waals surface area contributed by atoms with E-state index in [4.69, 9.17) is 10.5 Å². The summed E-state index contributed by atoms with van der Waals surface area (Å²) in [6, 6.07) is 9.47. The molecule has 0 radical (unpaired) electrons. The number of hydrogen-bond acceptors (Lipinski definition) is 3. The first-order valence-corrected chi connectivity index (χ1v) is 5.91. The number of benzene rings is 1. The third kappa shape index (κ3) is 4.57. The lowest BCUT2D eigenvalue weighted by atomic mass is 9.88. The Labute approximate surface area is 107 Å². The summed E-state index contributed by atoms with van der Waals surface area (Å²) in [5, 5.41) is 0. The summed E-state index contributed by atoms with van der Waals surface area (Å²) in [7, 11) is 0. The van der Waals surface area contributed by atoms with Gasteiger partial charge in [-0.2, -0.15) is 0 Å². The highest BCUT2D eigenvalue weighted by Gasteiger charge is 2.29. The van der Waals surface area contributed by atoms with Gasteiger partial charge in [0.15, 0.2) is 0 Å². The summed E-state index contributed by atoms with van der Waals surface area (Å²) in [4.78, 5) is 22.6. The molecule has 0 heterocycles. The second-order valence-corrected chi connectivity index (χ2v) is 4.91. The van der Waals surface area contributed by atoms with Gasteiger partial charge in [0.2, 0.25) is 5.91 Å². The van der Waals surface area contributed by atoms with E-state index in [1.54, 1.807) is 13.8 Å². The van der Waals surface area contributed by atoms with Crippen molar-refractivity contribution in [3.05, 3.63) is 35.9 Å². The second kappa shape index (κ2) is 6.19. The van der Waals surface area contributed by atoms with Crippen LogP contribution in [0.15, 0.2) is 30.3 Å². The zero-order valence-corrected chi connectivity index (χ0v) is 10.8. The Balaban J connectivity index is 2.46. The first kappa shape index (κ1) is 14.2. The number of amides is 1. The van der Waals surface area contributed by atoms with Gasteiger partial charge in [-0.3, -0.25) is 9.59 Å². The van der Waals surface area contributed by atoms with Crippen LogP contribution >= 0.6 is 0 Å². The Morgan fingerprint density at radius 1 is 1.22 bits per heavy atom. The quantitative estimate of drug-likeness (QED) is 0.784. The van der Waals surface area contributed by atoms with Crippen LogP contribution in [0.5, 0.6) is 0 Å². The number of rotatable bonds is 6. The SMILES string of the molecule is CC(C)(CCC(N)=O)C(=O)OCc1ccccc1. The lowest BCUT2D eigenvalue weighted by Gasteiger charge is -2.21. The first-order chi connectivity index (χ1) is 8.42. The molecule has 0 saturated heterocycles. The molecule has 98 valence electrons. The minimum atomic E-state index is -0.691. The number of esters is 1. The topological polar surface area (TPSA) is 69.4 Å². The Bertz CT molecular complexity index is 412. The van der Waals surface area contributed by atoms with Gasteiger partial charge in [-0.15, -0.1) is 0 Å². The van der Waals surface area contributed by atoms with Crippen molar-refractivity contribution in [2.75, 3.05) is 0 Å². The maximum atomic E-state index is 11.9. The number of nitrogens with two attached hydrogens (primary N) is 1. The molecule has 1 amide bonds. The minimum absolute atomic E-state index is 0.188. The predicted octanol–water partition coefficient (Wildman–Crippen LogP) is 2.02. The number of ether oxygens (including phenoxy) is 1. The molecule has 1 aromatic rings. The molecule has 0 aromatic heterocycles. The monoisotopic (exact) mass is 249 g/mol. The largest absolute Gasteiger partial charge is 0.460 e. The van der Waals surface area contributed by atoms with Crippen LogP contribution in [0, 0.1) is 5.41 Å². The summed E-state index contributed by atoms with van der Waals surface area (Å²) in [5.74, 6) is -0.716. The van der Waals surface area contributed by atoms with Crippen LogP contribution in [0.2, 0.25) is 0 Å². The van der Waals surface area contributed by atoms with Crippen LogP contribution in [-0.2, 0) is 20.9 Å². The lowest BCUT2D eigenvalue weighted by molar-refractivity contribution is -0.155. The summed E-state index contributed by atoms with van der Waals surface area (Å²) < 4.78 is 5.23. The minimum Gasteiger partial charge on any atom is -0.460 e.